The molecule has 0 bridgehead atoms. The van der Waals surface area contributed by atoms with E-state index in [1.165, 1.54) is 18.2 Å². The van der Waals surface area contributed by atoms with E-state index >= 15 is 0 Å². The fraction of sp³-hybridized carbons (Fsp3) is 0.118. The van der Waals surface area contributed by atoms with Crippen LogP contribution in [0.5, 0.6) is 0 Å². The predicted molar refractivity (Wildman–Crippen MR) is 83.3 cm³/mol. The van der Waals surface area contributed by atoms with Gasteiger partial charge in [0.05, 0.1) is 16.5 Å². The molecule has 0 unspecified atom stereocenters. The minimum absolute atomic E-state index is 0.118. The minimum atomic E-state index is -1.04. The van der Waals surface area contributed by atoms with Crippen LogP contribution in [0.1, 0.15) is 27.3 Å². The second-order valence-electron chi connectivity index (χ2n) is 5.15. The standard InChI is InChI=1S/C17H14N2O3/c1-10-4-2-3-5-11(10)9-15-18-14-8-12(17(21)22)6-7-13(14)16(20)19-15/h2-8H,9H2,1H3,(H,21,22)(H,18,19,20). The highest BCUT2D eigenvalue weighted by Crippen LogP contribution is 2.14. The first kappa shape index (κ1) is 14.0. The van der Waals surface area contributed by atoms with E-state index < -0.39 is 5.97 Å². The molecule has 0 saturated carbocycles. The largest absolute Gasteiger partial charge is 0.478 e. The SMILES string of the molecule is Cc1ccccc1Cc1nc2cc(C(=O)O)ccc2c(=O)[nH]1. The van der Waals surface area contributed by atoms with Crippen molar-refractivity contribution in [2.24, 2.45) is 0 Å². The molecule has 0 aliphatic rings. The Labute approximate surface area is 126 Å². The summed E-state index contributed by atoms with van der Waals surface area (Å²) in [6.45, 7) is 2.00. The van der Waals surface area contributed by atoms with E-state index in [0.717, 1.165) is 11.1 Å². The molecule has 2 N–H and O–H groups in total. The maximum Gasteiger partial charge on any atom is 0.335 e. The topological polar surface area (TPSA) is 83.0 Å². The third-order valence-electron chi connectivity index (χ3n) is 3.62. The molecule has 5 heteroatoms. The van der Waals surface area contributed by atoms with Gasteiger partial charge in [-0.2, -0.15) is 0 Å². The molecular weight excluding hydrogens is 280 g/mol. The molecule has 0 aliphatic heterocycles. The number of rotatable bonds is 3. The number of nitrogens with zero attached hydrogens (tertiary/aromatic N) is 1. The summed E-state index contributed by atoms with van der Waals surface area (Å²) >= 11 is 0. The van der Waals surface area contributed by atoms with Crippen LogP contribution in [0.4, 0.5) is 0 Å². The molecule has 1 aromatic heterocycles. The van der Waals surface area contributed by atoms with Gasteiger partial charge < -0.3 is 10.1 Å². The van der Waals surface area contributed by atoms with Gasteiger partial charge in [-0.1, -0.05) is 24.3 Å². The number of hydrogen-bond acceptors (Lipinski definition) is 3. The molecule has 0 amide bonds. The van der Waals surface area contributed by atoms with E-state index in [4.69, 9.17) is 5.11 Å². The van der Waals surface area contributed by atoms with Gasteiger partial charge in [0.25, 0.3) is 5.56 Å². The lowest BCUT2D eigenvalue weighted by atomic mass is 10.1. The Bertz CT molecular complexity index is 929. The highest BCUT2D eigenvalue weighted by molar-refractivity contribution is 5.92. The lowest BCUT2D eigenvalue weighted by molar-refractivity contribution is 0.0697. The monoisotopic (exact) mass is 294 g/mol. The van der Waals surface area contributed by atoms with Gasteiger partial charge in [0, 0.05) is 6.42 Å². The van der Waals surface area contributed by atoms with Crippen LogP contribution in [-0.4, -0.2) is 21.0 Å². The van der Waals surface area contributed by atoms with Crippen LogP contribution < -0.4 is 5.56 Å². The van der Waals surface area contributed by atoms with E-state index in [2.05, 4.69) is 9.97 Å². The summed E-state index contributed by atoms with van der Waals surface area (Å²) in [5, 5.41) is 9.43. The normalized spacial score (nSPS) is 10.8. The van der Waals surface area contributed by atoms with E-state index in [9.17, 15) is 9.59 Å². The summed E-state index contributed by atoms with van der Waals surface area (Å²) in [7, 11) is 0. The number of nitrogens with one attached hydrogen (secondary N) is 1. The van der Waals surface area contributed by atoms with Crippen molar-refractivity contribution in [3.05, 3.63) is 75.3 Å². The Morgan fingerprint density at radius 2 is 2.00 bits per heavy atom. The maximum atomic E-state index is 12.1. The molecule has 2 aromatic carbocycles. The van der Waals surface area contributed by atoms with Crippen molar-refractivity contribution < 1.29 is 9.90 Å². The zero-order chi connectivity index (χ0) is 15.7. The molecule has 22 heavy (non-hydrogen) atoms. The number of carboxylic acids is 1. The van der Waals surface area contributed by atoms with Gasteiger partial charge in [-0.25, -0.2) is 9.78 Å². The van der Waals surface area contributed by atoms with Crippen LogP contribution in [0.25, 0.3) is 10.9 Å². The van der Waals surface area contributed by atoms with Crippen LogP contribution in [0, 0.1) is 6.92 Å². The number of aryl methyl sites for hydroxylation is 1. The zero-order valence-corrected chi connectivity index (χ0v) is 12.0. The summed E-state index contributed by atoms with van der Waals surface area (Å²) in [5.41, 5.74) is 2.44. The minimum Gasteiger partial charge on any atom is -0.478 e. The average molecular weight is 294 g/mol. The molecule has 0 saturated heterocycles. The van der Waals surface area contributed by atoms with Crippen LogP contribution >= 0.6 is 0 Å². The van der Waals surface area contributed by atoms with Gasteiger partial charge >= 0.3 is 5.97 Å². The first-order chi connectivity index (χ1) is 10.5. The van der Waals surface area contributed by atoms with Crippen molar-refractivity contribution in [3.63, 3.8) is 0 Å². The summed E-state index contributed by atoms with van der Waals surface area (Å²) in [5.74, 6) is -0.515. The number of fused-ring (bicyclic) bond motifs is 1. The fourth-order valence-electron chi connectivity index (χ4n) is 2.39. The van der Waals surface area contributed by atoms with Gasteiger partial charge in [0.1, 0.15) is 5.82 Å². The smallest absolute Gasteiger partial charge is 0.335 e. The molecule has 1 heterocycles. The molecule has 0 fully saturated rings. The lowest BCUT2D eigenvalue weighted by Crippen LogP contribution is -2.13. The van der Waals surface area contributed by atoms with Crippen LogP contribution in [0.3, 0.4) is 0 Å². The molecule has 3 aromatic rings. The fourth-order valence-corrected chi connectivity index (χ4v) is 2.39. The summed E-state index contributed by atoms with van der Waals surface area (Å²) in [4.78, 5) is 30.3. The summed E-state index contributed by atoms with van der Waals surface area (Å²) in [6.07, 6.45) is 0.495. The van der Waals surface area contributed by atoms with E-state index in [1.807, 2.05) is 31.2 Å². The van der Waals surface area contributed by atoms with Crippen molar-refractivity contribution in [2.45, 2.75) is 13.3 Å². The number of hydrogen-bond donors (Lipinski definition) is 2. The number of H-pyrrole nitrogens is 1. The number of aromatic carboxylic acids is 1. The average Bonchev–Trinajstić information content (AvgIpc) is 2.49. The summed E-state index contributed by atoms with van der Waals surface area (Å²) < 4.78 is 0. The molecule has 0 spiro atoms. The third-order valence-corrected chi connectivity index (χ3v) is 3.62. The number of benzene rings is 2. The van der Waals surface area contributed by atoms with Crippen molar-refractivity contribution in [1.29, 1.82) is 0 Å². The van der Waals surface area contributed by atoms with E-state index in [1.54, 1.807) is 0 Å². The molecule has 0 radical (unpaired) electrons. The maximum absolute atomic E-state index is 12.1. The van der Waals surface area contributed by atoms with Gasteiger partial charge in [-0.05, 0) is 36.2 Å². The van der Waals surface area contributed by atoms with Crippen LogP contribution in [0.15, 0.2) is 47.3 Å². The second-order valence-corrected chi connectivity index (χ2v) is 5.15. The molecule has 0 aliphatic carbocycles. The number of carbonyl (C=O) groups is 1. The van der Waals surface area contributed by atoms with Crippen LogP contribution in [0.2, 0.25) is 0 Å². The quantitative estimate of drug-likeness (QED) is 0.777. The Kier molecular flexibility index (Phi) is 3.47. The van der Waals surface area contributed by atoms with Gasteiger partial charge in [-0.15, -0.1) is 0 Å². The van der Waals surface area contributed by atoms with Crippen molar-refractivity contribution in [3.8, 4) is 0 Å². The number of aromatic nitrogens is 2. The van der Waals surface area contributed by atoms with Gasteiger partial charge in [0.2, 0.25) is 0 Å². The molecule has 3 rings (SSSR count). The lowest BCUT2D eigenvalue weighted by Gasteiger charge is -2.06. The Hall–Kier alpha value is -2.95. The second kappa shape index (κ2) is 5.44. The van der Waals surface area contributed by atoms with Crippen LogP contribution in [-0.2, 0) is 6.42 Å². The molecule has 5 nitrogen and oxygen atoms in total. The molecule has 110 valence electrons. The first-order valence-corrected chi connectivity index (χ1v) is 6.85. The summed E-state index contributed by atoms with van der Waals surface area (Å²) in [6, 6.07) is 12.2. The zero-order valence-electron chi connectivity index (χ0n) is 12.0. The van der Waals surface area contributed by atoms with Crippen molar-refractivity contribution in [2.75, 3.05) is 0 Å². The first-order valence-electron chi connectivity index (χ1n) is 6.85. The van der Waals surface area contributed by atoms with Gasteiger partial charge in [-0.3, -0.25) is 4.79 Å². The molecular formula is C17H14N2O3. The number of aromatic amines is 1. The van der Waals surface area contributed by atoms with Crippen molar-refractivity contribution >= 4 is 16.9 Å². The predicted octanol–water partition coefficient (Wildman–Crippen LogP) is 2.52. The highest BCUT2D eigenvalue weighted by Gasteiger charge is 2.09. The Morgan fingerprint density at radius 1 is 1.23 bits per heavy atom. The highest BCUT2D eigenvalue weighted by atomic mass is 16.4. The van der Waals surface area contributed by atoms with E-state index in [0.29, 0.717) is 23.1 Å². The Morgan fingerprint density at radius 3 is 2.73 bits per heavy atom. The van der Waals surface area contributed by atoms with Gasteiger partial charge in [0.15, 0.2) is 0 Å². The van der Waals surface area contributed by atoms with Crippen molar-refractivity contribution in [1.82, 2.24) is 9.97 Å². The Balaban J connectivity index is 2.09. The third kappa shape index (κ3) is 2.61. The molecule has 0 atom stereocenters. The van der Waals surface area contributed by atoms with E-state index in [-0.39, 0.29) is 11.1 Å². The number of carboxylic acid groups (broad SMARTS) is 1.